The molecule has 1 fully saturated rings. The highest BCUT2D eigenvalue weighted by molar-refractivity contribution is 5.76. The third-order valence-electron chi connectivity index (χ3n) is 4.61. The van der Waals surface area contributed by atoms with Gasteiger partial charge in [0, 0.05) is 13.0 Å². The maximum absolute atomic E-state index is 12.8. The van der Waals surface area contributed by atoms with Crippen molar-refractivity contribution < 1.29 is 13.6 Å². The first-order valence-corrected chi connectivity index (χ1v) is 8.37. The Labute approximate surface area is 137 Å². The Hall–Kier alpha value is -1.49. The van der Waals surface area contributed by atoms with Gasteiger partial charge in [0.05, 0.1) is 6.54 Å². The minimum atomic E-state index is -2.50. The molecule has 1 aromatic rings. The summed E-state index contributed by atoms with van der Waals surface area (Å²) in [6, 6.07) is 9.32. The van der Waals surface area contributed by atoms with E-state index in [9.17, 15) is 13.6 Å². The lowest BCUT2D eigenvalue weighted by Crippen LogP contribution is -2.37. The fourth-order valence-electron chi connectivity index (χ4n) is 3.21. The molecule has 1 amide bonds. The Morgan fingerprint density at radius 1 is 1.26 bits per heavy atom. The number of piperidine rings is 1. The van der Waals surface area contributed by atoms with Crippen molar-refractivity contribution in [2.24, 2.45) is 11.8 Å². The molecule has 0 aliphatic carbocycles. The second-order valence-corrected chi connectivity index (χ2v) is 6.42. The molecule has 1 aliphatic heterocycles. The Bertz CT molecular complexity index is 475. The van der Waals surface area contributed by atoms with E-state index in [0.29, 0.717) is 12.3 Å². The van der Waals surface area contributed by atoms with Gasteiger partial charge in [-0.05, 0) is 43.3 Å². The Morgan fingerprint density at radius 3 is 2.52 bits per heavy atom. The first-order chi connectivity index (χ1) is 11.1. The zero-order chi connectivity index (χ0) is 16.7. The van der Waals surface area contributed by atoms with Crippen molar-refractivity contribution in [1.29, 1.82) is 0 Å². The topological polar surface area (TPSA) is 32.3 Å². The van der Waals surface area contributed by atoms with Crippen LogP contribution in [0.25, 0.3) is 0 Å². The number of benzene rings is 1. The molecule has 0 aromatic heterocycles. The summed E-state index contributed by atoms with van der Waals surface area (Å²) in [5.41, 5.74) is 0.885. The van der Waals surface area contributed by atoms with Crippen LogP contribution in [0, 0.1) is 11.8 Å². The van der Waals surface area contributed by atoms with Crippen LogP contribution in [-0.4, -0.2) is 36.9 Å². The number of rotatable bonds is 7. The maximum atomic E-state index is 12.8. The average Bonchev–Trinajstić information content (AvgIpc) is 2.55. The Morgan fingerprint density at radius 2 is 1.91 bits per heavy atom. The highest BCUT2D eigenvalue weighted by atomic mass is 19.3. The van der Waals surface area contributed by atoms with Gasteiger partial charge in [0.15, 0.2) is 0 Å². The number of carbonyl (C=O) groups is 1. The first-order valence-electron chi connectivity index (χ1n) is 8.37. The van der Waals surface area contributed by atoms with Crippen molar-refractivity contribution in [3.8, 4) is 0 Å². The molecule has 1 heterocycles. The lowest BCUT2D eigenvalue weighted by molar-refractivity contribution is -0.135. The van der Waals surface area contributed by atoms with Gasteiger partial charge in [-0.3, -0.25) is 4.79 Å². The van der Waals surface area contributed by atoms with Crippen LogP contribution in [0.5, 0.6) is 0 Å². The monoisotopic (exact) mass is 324 g/mol. The molecular formula is C18H26F2N2O. The highest BCUT2D eigenvalue weighted by Crippen LogP contribution is 2.25. The Balaban J connectivity index is 1.95. The van der Waals surface area contributed by atoms with Crippen LogP contribution >= 0.6 is 0 Å². The highest BCUT2D eigenvalue weighted by Gasteiger charge is 2.25. The Kier molecular flexibility index (Phi) is 6.96. The van der Waals surface area contributed by atoms with Gasteiger partial charge in [0.2, 0.25) is 5.91 Å². The summed E-state index contributed by atoms with van der Waals surface area (Å²) in [5, 5.41) is 3.31. The zero-order valence-corrected chi connectivity index (χ0v) is 13.7. The van der Waals surface area contributed by atoms with Crippen molar-refractivity contribution in [3.05, 3.63) is 35.9 Å². The summed E-state index contributed by atoms with van der Waals surface area (Å²) in [5.74, 6) is 0.575. The molecule has 1 unspecified atom stereocenters. The van der Waals surface area contributed by atoms with Crippen LogP contribution in [0.2, 0.25) is 0 Å². The molecule has 0 bridgehead atoms. The predicted molar refractivity (Wildman–Crippen MR) is 87.2 cm³/mol. The molecule has 3 nitrogen and oxygen atoms in total. The fourth-order valence-corrected chi connectivity index (χ4v) is 3.21. The second-order valence-electron chi connectivity index (χ2n) is 6.42. The van der Waals surface area contributed by atoms with Gasteiger partial charge >= 0.3 is 0 Å². The van der Waals surface area contributed by atoms with E-state index in [0.717, 1.165) is 31.5 Å². The number of alkyl halides is 2. The number of hydrogen-bond donors (Lipinski definition) is 1. The molecule has 0 radical (unpaired) electrons. The van der Waals surface area contributed by atoms with Crippen molar-refractivity contribution in [2.75, 3.05) is 19.6 Å². The van der Waals surface area contributed by atoms with Crippen molar-refractivity contribution in [3.63, 3.8) is 0 Å². The van der Waals surface area contributed by atoms with Gasteiger partial charge in [-0.25, -0.2) is 8.78 Å². The van der Waals surface area contributed by atoms with Crippen LogP contribution in [0.3, 0.4) is 0 Å². The minimum Gasteiger partial charge on any atom is -0.333 e. The standard InChI is InChI=1S/C18H26F2N2O/c1-14(16-7-9-21-10-8-16)11-18(23)22(13-17(19)20)12-15-5-3-2-4-6-15/h2-6,14,16-17,21H,7-13H2,1H3. The van der Waals surface area contributed by atoms with Crippen LogP contribution in [0.15, 0.2) is 30.3 Å². The van der Waals surface area contributed by atoms with Crippen LogP contribution in [-0.2, 0) is 11.3 Å². The molecule has 1 aliphatic rings. The van der Waals surface area contributed by atoms with Gasteiger partial charge in [-0.15, -0.1) is 0 Å². The van der Waals surface area contributed by atoms with E-state index in [1.165, 1.54) is 4.90 Å². The van der Waals surface area contributed by atoms with E-state index in [1.807, 2.05) is 30.3 Å². The summed E-state index contributed by atoms with van der Waals surface area (Å²) >= 11 is 0. The summed E-state index contributed by atoms with van der Waals surface area (Å²) in [6.07, 6.45) is -0.0365. The molecule has 1 N–H and O–H groups in total. The summed E-state index contributed by atoms with van der Waals surface area (Å²) in [7, 11) is 0. The molecule has 23 heavy (non-hydrogen) atoms. The van der Waals surface area contributed by atoms with Gasteiger partial charge in [0.25, 0.3) is 6.43 Å². The molecule has 1 saturated heterocycles. The molecule has 128 valence electrons. The van der Waals surface area contributed by atoms with Gasteiger partial charge in [-0.2, -0.15) is 0 Å². The molecular weight excluding hydrogens is 298 g/mol. The molecule has 1 aromatic carbocycles. The third kappa shape index (κ3) is 5.90. The van der Waals surface area contributed by atoms with Gasteiger partial charge < -0.3 is 10.2 Å². The number of hydrogen-bond acceptors (Lipinski definition) is 2. The molecule has 5 heteroatoms. The van der Waals surface area contributed by atoms with E-state index in [-0.39, 0.29) is 18.4 Å². The van der Waals surface area contributed by atoms with E-state index in [2.05, 4.69) is 12.2 Å². The summed E-state index contributed by atoms with van der Waals surface area (Å²) in [6.45, 7) is 3.79. The lowest BCUT2D eigenvalue weighted by Gasteiger charge is -2.30. The number of carbonyl (C=O) groups excluding carboxylic acids is 1. The third-order valence-corrected chi connectivity index (χ3v) is 4.61. The van der Waals surface area contributed by atoms with Crippen LogP contribution < -0.4 is 5.32 Å². The lowest BCUT2D eigenvalue weighted by atomic mass is 9.84. The largest absolute Gasteiger partial charge is 0.333 e. The molecule has 1 atom stereocenters. The van der Waals surface area contributed by atoms with Crippen molar-refractivity contribution in [2.45, 2.75) is 39.2 Å². The van der Waals surface area contributed by atoms with Crippen LogP contribution in [0.1, 0.15) is 31.7 Å². The first kappa shape index (κ1) is 17.9. The van der Waals surface area contributed by atoms with Gasteiger partial charge in [-0.1, -0.05) is 37.3 Å². The summed E-state index contributed by atoms with van der Waals surface area (Å²) in [4.78, 5) is 13.8. The summed E-state index contributed by atoms with van der Waals surface area (Å²) < 4.78 is 25.7. The molecule has 0 saturated carbocycles. The second kappa shape index (κ2) is 8.96. The van der Waals surface area contributed by atoms with E-state index >= 15 is 0 Å². The smallest absolute Gasteiger partial charge is 0.255 e. The minimum absolute atomic E-state index is 0.166. The van der Waals surface area contributed by atoms with E-state index in [4.69, 9.17) is 0 Å². The number of amides is 1. The quantitative estimate of drug-likeness (QED) is 0.834. The molecule has 0 spiro atoms. The SMILES string of the molecule is CC(CC(=O)N(Cc1ccccc1)CC(F)F)C1CCNCC1. The average molecular weight is 324 g/mol. The van der Waals surface area contributed by atoms with Crippen molar-refractivity contribution in [1.82, 2.24) is 10.2 Å². The van der Waals surface area contributed by atoms with E-state index in [1.54, 1.807) is 0 Å². The van der Waals surface area contributed by atoms with E-state index < -0.39 is 13.0 Å². The number of nitrogens with one attached hydrogen (secondary N) is 1. The van der Waals surface area contributed by atoms with Crippen LogP contribution in [0.4, 0.5) is 8.78 Å². The van der Waals surface area contributed by atoms with Gasteiger partial charge in [0.1, 0.15) is 0 Å². The normalized spacial score (nSPS) is 17.2. The maximum Gasteiger partial charge on any atom is 0.255 e. The van der Waals surface area contributed by atoms with Crippen molar-refractivity contribution >= 4 is 5.91 Å². The molecule has 2 rings (SSSR count). The number of nitrogens with zero attached hydrogens (tertiary/aromatic N) is 1. The number of halogens is 2. The fraction of sp³-hybridized carbons (Fsp3) is 0.611. The predicted octanol–water partition coefficient (Wildman–Crippen LogP) is 3.31. The zero-order valence-electron chi connectivity index (χ0n) is 13.7.